The highest BCUT2D eigenvalue weighted by Gasteiger charge is 2.39. The molecular formula is C24H24ClN5O2S. The Hall–Kier alpha value is -2.55. The van der Waals surface area contributed by atoms with Crippen LogP contribution in [0.25, 0.3) is 5.00 Å². The van der Waals surface area contributed by atoms with Gasteiger partial charge in [0.25, 0.3) is 0 Å². The molecule has 0 spiro atoms. The van der Waals surface area contributed by atoms with E-state index < -0.39 is 0 Å². The molecule has 1 amide bonds. The Kier molecular flexibility index (Phi) is 5.12. The first-order valence-electron chi connectivity index (χ1n) is 11.3. The second-order valence-corrected chi connectivity index (χ2v) is 10.3. The number of aromatic nitrogens is 3. The maximum absolute atomic E-state index is 13.3. The fourth-order valence-corrected chi connectivity index (χ4v) is 6.80. The molecule has 2 atom stereocenters. The topological polar surface area (TPSA) is 72.6 Å². The van der Waals surface area contributed by atoms with Crippen LogP contribution in [0, 0.1) is 12.8 Å². The molecule has 2 aliphatic heterocycles. The Morgan fingerprint density at radius 1 is 1.18 bits per heavy atom. The van der Waals surface area contributed by atoms with E-state index in [0.717, 1.165) is 39.9 Å². The molecule has 7 nitrogen and oxygen atoms in total. The monoisotopic (exact) mass is 481 g/mol. The van der Waals surface area contributed by atoms with Gasteiger partial charge in [-0.05, 0) is 38.3 Å². The molecule has 6 rings (SSSR count). The first-order valence-corrected chi connectivity index (χ1v) is 12.5. The molecule has 0 N–H and O–H groups in total. The number of nitrogens with zero attached hydrogens (tertiary/aromatic N) is 5. The van der Waals surface area contributed by atoms with Gasteiger partial charge >= 0.3 is 0 Å². The zero-order valence-corrected chi connectivity index (χ0v) is 20.1. The number of aryl methyl sites for hydroxylation is 1. The number of aliphatic imine (C=N–C) groups is 1. The van der Waals surface area contributed by atoms with Crippen molar-refractivity contribution in [2.75, 3.05) is 26.3 Å². The van der Waals surface area contributed by atoms with E-state index >= 15 is 0 Å². The van der Waals surface area contributed by atoms with Crippen LogP contribution in [0.15, 0.2) is 29.3 Å². The summed E-state index contributed by atoms with van der Waals surface area (Å²) < 4.78 is 7.57. The van der Waals surface area contributed by atoms with E-state index in [-0.39, 0.29) is 17.9 Å². The van der Waals surface area contributed by atoms with Crippen LogP contribution >= 0.6 is 22.9 Å². The fraction of sp³-hybridized carbons (Fsp3) is 0.417. The first-order chi connectivity index (χ1) is 16.0. The van der Waals surface area contributed by atoms with Crippen molar-refractivity contribution in [3.63, 3.8) is 0 Å². The van der Waals surface area contributed by atoms with Gasteiger partial charge in [-0.25, -0.2) is 0 Å². The van der Waals surface area contributed by atoms with Crippen LogP contribution in [0.4, 0.5) is 0 Å². The molecule has 2 unspecified atom stereocenters. The molecule has 0 bridgehead atoms. The molecule has 3 aliphatic rings. The van der Waals surface area contributed by atoms with Crippen molar-refractivity contribution >= 4 is 34.6 Å². The average Bonchev–Trinajstić information content (AvgIpc) is 3.48. The summed E-state index contributed by atoms with van der Waals surface area (Å²) in [6, 6.07) is 7.67. The van der Waals surface area contributed by atoms with Crippen molar-refractivity contribution in [1.82, 2.24) is 19.7 Å². The fourth-order valence-electron chi connectivity index (χ4n) is 5.11. The van der Waals surface area contributed by atoms with E-state index in [1.807, 2.05) is 43.0 Å². The smallest absolute Gasteiger partial charge is 0.226 e. The number of rotatable bonds is 2. The van der Waals surface area contributed by atoms with Gasteiger partial charge < -0.3 is 9.64 Å². The van der Waals surface area contributed by atoms with Crippen LogP contribution in [0.3, 0.4) is 0 Å². The van der Waals surface area contributed by atoms with Gasteiger partial charge in [-0.15, -0.1) is 21.5 Å². The third-order valence-electron chi connectivity index (χ3n) is 6.74. The summed E-state index contributed by atoms with van der Waals surface area (Å²) in [5, 5.41) is 10.5. The van der Waals surface area contributed by atoms with Gasteiger partial charge in [0.15, 0.2) is 5.82 Å². The summed E-state index contributed by atoms with van der Waals surface area (Å²) >= 11 is 8.39. The minimum Gasteiger partial charge on any atom is -0.378 e. The molecule has 4 heterocycles. The van der Waals surface area contributed by atoms with E-state index in [1.54, 1.807) is 11.3 Å². The zero-order valence-electron chi connectivity index (χ0n) is 18.5. The van der Waals surface area contributed by atoms with Crippen LogP contribution in [0.5, 0.6) is 0 Å². The lowest BCUT2D eigenvalue weighted by Crippen LogP contribution is -2.44. The summed E-state index contributed by atoms with van der Waals surface area (Å²) in [5.41, 5.74) is 4.08. The third-order valence-corrected chi connectivity index (χ3v) is 8.31. The molecule has 1 fully saturated rings. The quantitative estimate of drug-likeness (QED) is 0.558. The maximum atomic E-state index is 13.3. The van der Waals surface area contributed by atoms with Gasteiger partial charge in [-0.2, -0.15) is 0 Å². The van der Waals surface area contributed by atoms with E-state index in [0.29, 0.717) is 37.7 Å². The highest BCUT2D eigenvalue weighted by atomic mass is 35.5. The number of benzene rings is 1. The summed E-state index contributed by atoms with van der Waals surface area (Å²) in [4.78, 5) is 21.6. The van der Waals surface area contributed by atoms with E-state index in [2.05, 4.69) is 14.8 Å². The molecule has 1 saturated heterocycles. The molecule has 0 radical (unpaired) electrons. The lowest BCUT2D eigenvalue weighted by molar-refractivity contribution is -0.139. The third kappa shape index (κ3) is 3.34. The van der Waals surface area contributed by atoms with Gasteiger partial charge in [0.05, 0.1) is 18.9 Å². The second-order valence-electron chi connectivity index (χ2n) is 8.80. The van der Waals surface area contributed by atoms with Crippen LogP contribution in [-0.2, 0) is 22.4 Å². The highest BCUT2D eigenvalue weighted by Crippen LogP contribution is 2.45. The summed E-state index contributed by atoms with van der Waals surface area (Å²) in [6.07, 6.45) is 1.47. The number of carbonyl (C=O) groups excluding carboxylic acids is 1. The van der Waals surface area contributed by atoms with Crippen LogP contribution in [0.2, 0.25) is 5.02 Å². The number of halogens is 1. The Balaban J connectivity index is 1.48. The van der Waals surface area contributed by atoms with Crippen molar-refractivity contribution in [2.24, 2.45) is 10.9 Å². The van der Waals surface area contributed by atoms with Crippen molar-refractivity contribution in [2.45, 2.75) is 32.7 Å². The van der Waals surface area contributed by atoms with Crippen molar-refractivity contribution in [3.8, 4) is 5.00 Å². The summed E-state index contributed by atoms with van der Waals surface area (Å²) in [6.45, 7) is 6.60. The molecule has 1 aliphatic carbocycles. The highest BCUT2D eigenvalue weighted by molar-refractivity contribution is 7.15. The standard InChI is InChI=1S/C24H24ClN5O2S/c1-13-22-28-27-14(2)30(22)24-20(21(26-13)16-5-3-4-6-18(16)25)17-11-15(12-19(17)33-24)23(31)29-7-9-32-10-8-29/h3-6,13,15H,7-12H2,1-2H3. The van der Waals surface area contributed by atoms with Gasteiger partial charge in [0.1, 0.15) is 16.9 Å². The van der Waals surface area contributed by atoms with Gasteiger partial charge in [-0.1, -0.05) is 29.8 Å². The minimum absolute atomic E-state index is 0.0377. The maximum Gasteiger partial charge on any atom is 0.226 e. The predicted molar refractivity (Wildman–Crippen MR) is 128 cm³/mol. The van der Waals surface area contributed by atoms with E-state index in [1.165, 1.54) is 10.4 Å². The number of hydrogen-bond acceptors (Lipinski definition) is 6. The van der Waals surface area contributed by atoms with Crippen LogP contribution < -0.4 is 0 Å². The molecule has 3 aromatic rings. The Labute approximate surface area is 201 Å². The Bertz CT molecular complexity index is 1290. The number of thiophene rings is 1. The van der Waals surface area contributed by atoms with E-state index in [9.17, 15) is 4.79 Å². The molecular weight excluding hydrogens is 458 g/mol. The lowest BCUT2D eigenvalue weighted by Gasteiger charge is -2.29. The predicted octanol–water partition coefficient (Wildman–Crippen LogP) is 3.78. The van der Waals surface area contributed by atoms with Gasteiger partial charge in [0, 0.05) is 40.0 Å². The minimum atomic E-state index is -0.167. The Morgan fingerprint density at radius 2 is 1.97 bits per heavy atom. The molecule has 9 heteroatoms. The van der Waals surface area contributed by atoms with Gasteiger partial charge in [-0.3, -0.25) is 14.4 Å². The normalized spacial score (nSPS) is 21.8. The molecule has 2 aromatic heterocycles. The average molecular weight is 482 g/mol. The molecule has 1 aromatic carbocycles. The van der Waals surface area contributed by atoms with Crippen LogP contribution in [-0.4, -0.2) is 57.6 Å². The lowest BCUT2D eigenvalue weighted by atomic mass is 9.97. The zero-order chi connectivity index (χ0) is 22.7. The number of morpholine rings is 1. The van der Waals surface area contributed by atoms with Crippen molar-refractivity contribution in [3.05, 3.63) is 62.5 Å². The van der Waals surface area contributed by atoms with Crippen molar-refractivity contribution < 1.29 is 9.53 Å². The number of amides is 1. The number of ether oxygens (including phenoxy) is 1. The molecule has 170 valence electrons. The van der Waals surface area contributed by atoms with Crippen LogP contribution in [0.1, 0.15) is 46.2 Å². The largest absolute Gasteiger partial charge is 0.378 e. The second kappa shape index (κ2) is 8.04. The SMILES string of the molecule is Cc1nnc2n1-c1sc3c(c1C(c1ccccc1Cl)=NC2C)CC(C(=O)N1CCOCC1)C3. The summed E-state index contributed by atoms with van der Waals surface area (Å²) in [5.74, 6) is 1.87. The van der Waals surface area contributed by atoms with Crippen molar-refractivity contribution in [1.29, 1.82) is 0 Å². The molecule has 0 saturated carbocycles. The Morgan fingerprint density at radius 3 is 2.76 bits per heavy atom. The number of carbonyl (C=O) groups is 1. The van der Waals surface area contributed by atoms with E-state index in [4.69, 9.17) is 21.3 Å². The molecule has 33 heavy (non-hydrogen) atoms. The summed E-state index contributed by atoms with van der Waals surface area (Å²) in [7, 11) is 0. The first kappa shape index (κ1) is 21.0. The number of hydrogen-bond donors (Lipinski definition) is 0. The van der Waals surface area contributed by atoms with Gasteiger partial charge in [0.2, 0.25) is 5.91 Å². The number of fused-ring (bicyclic) bond motifs is 5.